The molecule has 0 spiro atoms. The third kappa shape index (κ3) is 4.55. The highest BCUT2D eigenvalue weighted by Gasteiger charge is 2.21. The van der Waals surface area contributed by atoms with E-state index >= 15 is 0 Å². The number of pyridine rings is 1. The molecule has 5 nitrogen and oxygen atoms in total. The maximum atomic E-state index is 14.3. The Bertz CT molecular complexity index is 1170. The van der Waals surface area contributed by atoms with Gasteiger partial charge >= 0.3 is 5.97 Å². The van der Waals surface area contributed by atoms with Crippen molar-refractivity contribution in [1.29, 1.82) is 0 Å². The van der Waals surface area contributed by atoms with Gasteiger partial charge in [-0.25, -0.2) is 9.18 Å². The van der Waals surface area contributed by atoms with Gasteiger partial charge in [0.25, 0.3) is 0 Å². The van der Waals surface area contributed by atoms with E-state index in [2.05, 4.69) is 0 Å². The summed E-state index contributed by atoms with van der Waals surface area (Å²) < 4.78 is 16.0. The number of aromatic nitrogens is 1. The van der Waals surface area contributed by atoms with Gasteiger partial charge in [-0.2, -0.15) is 0 Å². The standard InChI is InChI=1S/C23H23ClFNO4/c1-23(2,8-9-27)13-26-12-17(22(29)30)21(28)16-11-14(6-7-19(16)26)10-15-4-3-5-18(24)20(15)25/h3-7,11-12,27H,8-10,13H2,1-2H3,(H,29,30). The first kappa shape index (κ1) is 22.0. The molecule has 0 aliphatic rings. The molecule has 0 amide bonds. The summed E-state index contributed by atoms with van der Waals surface area (Å²) >= 11 is 5.85. The van der Waals surface area contributed by atoms with Gasteiger partial charge < -0.3 is 14.8 Å². The summed E-state index contributed by atoms with van der Waals surface area (Å²) in [6.45, 7) is 4.35. The number of nitrogens with zero attached hydrogens (tertiary/aromatic N) is 1. The number of carboxylic acids is 1. The Balaban J connectivity index is 2.13. The van der Waals surface area contributed by atoms with E-state index in [9.17, 15) is 24.2 Å². The number of fused-ring (bicyclic) bond motifs is 1. The highest BCUT2D eigenvalue weighted by Crippen LogP contribution is 2.26. The van der Waals surface area contributed by atoms with E-state index in [0.717, 1.165) is 0 Å². The highest BCUT2D eigenvalue weighted by atomic mass is 35.5. The maximum absolute atomic E-state index is 14.3. The topological polar surface area (TPSA) is 79.5 Å². The van der Waals surface area contributed by atoms with Gasteiger partial charge in [0.05, 0.1) is 10.5 Å². The Morgan fingerprint density at radius 2 is 1.97 bits per heavy atom. The van der Waals surface area contributed by atoms with Crippen molar-refractivity contribution >= 4 is 28.5 Å². The Labute approximate surface area is 178 Å². The number of hydrogen-bond donors (Lipinski definition) is 2. The lowest BCUT2D eigenvalue weighted by Crippen LogP contribution is -2.25. The van der Waals surface area contributed by atoms with Crippen LogP contribution in [0.1, 0.15) is 41.8 Å². The van der Waals surface area contributed by atoms with Crippen LogP contribution in [-0.2, 0) is 13.0 Å². The molecule has 0 fully saturated rings. The second-order valence-electron chi connectivity index (χ2n) is 8.18. The number of aromatic carboxylic acids is 1. The molecule has 3 aromatic rings. The molecule has 0 aliphatic heterocycles. The number of hydrogen-bond acceptors (Lipinski definition) is 3. The molecule has 0 atom stereocenters. The predicted octanol–water partition coefficient (Wildman–Crippen LogP) is 4.49. The Morgan fingerprint density at radius 3 is 2.63 bits per heavy atom. The zero-order chi connectivity index (χ0) is 22.1. The van der Waals surface area contributed by atoms with Crippen LogP contribution in [0.2, 0.25) is 5.02 Å². The Kier molecular flexibility index (Phi) is 6.29. The van der Waals surface area contributed by atoms with Crippen LogP contribution in [0.15, 0.2) is 47.4 Å². The fraction of sp³-hybridized carbons (Fsp3) is 0.304. The van der Waals surface area contributed by atoms with Gasteiger partial charge in [-0.1, -0.05) is 43.6 Å². The number of rotatable bonds is 7. The van der Waals surface area contributed by atoms with E-state index in [1.807, 2.05) is 13.8 Å². The van der Waals surface area contributed by atoms with Gasteiger partial charge in [0.15, 0.2) is 0 Å². The minimum atomic E-state index is -1.30. The predicted molar refractivity (Wildman–Crippen MR) is 115 cm³/mol. The zero-order valence-electron chi connectivity index (χ0n) is 16.8. The normalized spacial score (nSPS) is 11.8. The van der Waals surface area contributed by atoms with Crippen molar-refractivity contribution in [2.75, 3.05) is 6.61 Å². The molecule has 0 radical (unpaired) electrons. The van der Waals surface area contributed by atoms with Crippen LogP contribution in [0, 0.1) is 11.2 Å². The second kappa shape index (κ2) is 8.58. The fourth-order valence-electron chi connectivity index (χ4n) is 3.59. The summed E-state index contributed by atoms with van der Waals surface area (Å²) in [7, 11) is 0. The average Bonchev–Trinajstić information content (AvgIpc) is 2.67. The maximum Gasteiger partial charge on any atom is 0.341 e. The summed E-state index contributed by atoms with van der Waals surface area (Å²) in [5.74, 6) is -1.82. The summed E-state index contributed by atoms with van der Waals surface area (Å²) in [4.78, 5) is 24.5. The van der Waals surface area contributed by atoms with Gasteiger partial charge in [-0.3, -0.25) is 4.79 Å². The third-order valence-electron chi connectivity index (χ3n) is 5.19. The second-order valence-corrected chi connectivity index (χ2v) is 8.59. The third-order valence-corrected chi connectivity index (χ3v) is 5.48. The number of halogens is 2. The first-order valence-corrected chi connectivity index (χ1v) is 9.94. The molecule has 0 saturated heterocycles. The lowest BCUT2D eigenvalue weighted by molar-refractivity contribution is 0.0694. The molecule has 30 heavy (non-hydrogen) atoms. The summed E-state index contributed by atoms with van der Waals surface area (Å²) in [6, 6.07) is 9.88. The summed E-state index contributed by atoms with van der Waals surface area (Å²) in [5, 5.41) is 19.1. The molecular formula is C23H23ClFNO4. The lowest BCUT2D eigenvalue weighted by atomic mass is 9.89. The van der Waals surface area contributed by atoms with E-state index in [4.69, 9.17) is 11.6 Å². The molecule has 7 heteroatoms. The number of carbonyl (C=O) groups is 1. The van der Waals surface area contributed by atoms with Crippen LogP contribution in [0.4, 0.5) is 4.39 Å². The van der Waals surface area contributed by atoms with Gasteiger partial charge in [0.2, 0.25) is 5.43 Å². The van der Waals surface area contributed by atoms with Crippen molar-refractivity contribution in [2.45, 2.75) is 33.2 Å². The SMILES string of the molecule is CC(C)(CCO)Cn1cc(C(=O)O)c(=O)c2cc(Cc3cccc(Cl)c3F)ccc21. The minimum absolute atomic E-state index is 0.00622. The first-order chi connectivity index (χ1) is 14.1. The monoisotopic (exact) mass is 431 g/mol. The Hall–Kier alpha value is -2.70. The zero-order valence-corrected chi connectivity index (χ0v) is 17.5. The summed E-state index contributed by atoms with van der Waals surface area (Å²) in [6.07, 6.45) is 2.09. The molecule has 3 rings (SSSR count). The number of aliphatic hydroxyl groups excluding tert-OH is 1. The van der Waals surface area contributed by atoms with Gasteiger partial charge in [-0.15, -0.1) is 0 Å². The van der Waals surface area contributed by atoms with Gasteiger partial charge in [-0.05, 0) is 41.2 Å². The Morgan fingerprint density at radius 1 is 1.23 bits per heavy atom. The van der Waals surface area contributed by atoms with Crippen LogP contribution >= 0.6 is 11.6 Å². The molecule has 0 unspecified atom stereocenters. The number of carboxylic acid groups (broad SMARTS) is 1. The van der Waals surface area contributed by atoms with Crippen LogP contribution < -0.4 is 5.43 Å². The molecule has 0 bridgehead atoms. The van der Waals surface area contributed by atoms with E-state index in [1.54, 1.807) is 34.9 Å². The molecule has 1 aromatic heterocycles. The number of benzene rings is 2. The van der Waals surface area contributed by atoms with E-state index < -0.39 is 17.2 Å². The molecular weight excluding hydrogens is 409 g/mol. The van der Waals surface area contributed by atoms with Crippen LogP contribution in [0.3, 0.4) is 0 Å². The van der Waals surface area contributed by atoms with Crippen molar-refractivity contribution in [2.24, 2.45) is 5.41 Å². The molecule has 0 aliphatic carbocycles. The van der Waals surface area contributed by atoms with E-state index in [1.165, 1.54) is 12.3 Å². The fourth-order valence-corrected chi connectivity index (χ4v) is 3.78. The summed E-state index contributed by atoms with van der Waals surface area (Å²) in [5.41, 5.74) is 0.432. The molecule has 1 heterocycles. The smallest absolute Gasteiger partial charge is 0.341 e. The van der Waals surface area contributed by atoms with Gasteiger partial charge in [0, 0.05) is 31.2 Å². The van der Waals surface area contributed by atoms with Gasteiger partial charge in [0.1, 0.15) is 11.4 Å². The largest absolute Gasteiger partial charge is 0.477 e. The lowest BCUT2D eigenvalue weighted by Gasteiger charge is -2.26. The number of aliphatic hydroxyl groups is 1. The quantitative estimate of drug-likeness (QED) is 0.577. The van der Waals surface area contributed by atoms with Crippen LogP contribution in [-0.4, -0.2) is 27.4 Å². The highest BCUT2D eigenvalue weighted by molar-refractivity contribution is 6.30. The average molecular weight is 432 g/mol. The van der Waals surface area contributed by atoms with Crippen LogP contribution in [0.25, 0.3) is 10.9 Å². The van der Waals surface area contributed by atoms with Crippen molar-refractivity contribution in [3.8, 4) is 0 Å². The van der Waals surface area contributed by atoms with Crippen LogP contribution in [0.5, 0.6) is 0 Å². The molecule has 2 N–H and O–H groups in total. The van der Waals surface area contributed by atoms with E-state index in [0.29, 0.717) is 29.6 Å². The van der Waals surface area contributed by atoms with E-state index in [-0.39, 0.29) is 34.4 Å². The molecule has 0 saturated carbocycles. The van der Waals surface area contributed by atoms with Crippen molar-refractivity contribution in [3.63, 3.8) is 0 Å². The van der Waals surface area contributed by atoms with Crippen molar-refractivity contribution in [1.82, 2.24) is 4.57 Å². The first-order valence-electron chi connectivity index (χ1n) is 9.56. The minimum Gasteiger partial charge on any atom is -0.477 e. The molecule has 158 valence electrons. The molecule has 2 aromatic carbocycles. The van der Waals surface area contributed by atoms with Crippen molar-refractivity contribution in [3.05, 3.63) is 80.3 Å². The van der Waals surface area contributed by atoms with Crippen molar-refractivity contribution < 1.29 is 19.4 Å².